The predicted octanol–water partition coefficient (Wildman–Crippen LogP) is 4.64. The van der Waals surface area contributed by atoms with Crippen LogP contribution in [-0.2, 0) is 0 Å². The van der Waals surface area contributed by atoms with E-state index in [1.54, 1.807) is 12.1 Å². The van der Waals surface area contributed by atoms with Gasteiger partial charge in [-0.25, -0.2) is 4.39 Å². The number of hydrogen-bond donors (Lipinski definition) is 0. The number of piperazine rings is 1. The number of aryl methyl sites for hydroxylation is 1. The lowest BCUT2D eigenvalue weighted by atomic mass is 10.1. The summed E-state index contributed by atoms with van der Waals surface area (Å²) < 4.78 is 13.3. The number of benzene rings is 2. The zero-order valence-electron chi connectivity index (χ0n) is 14.7. The zero-order chi connectivity index (χ0) is 16.5. The summed E-state index contributed by atoms with van der Waals surface area (Å²) in [5.74, 6) is 1.45. The summed E-state index contributed by atoms with van der Waals surface area (Å²) in [4.78, 5) is 5.00. The lowest BCUT2D eigenvalue weighted by Gasteiger charge is -2.37. The van der Waals surface area contributed by atoms with E-state index in [-0.39, 0.29) is 22.8 Å². The molecule has 0 N–H and O–H groups in total. The van der Waals surface area contributed by atoms with Gasteiger partial charge in [-0.3, -0.25) is 4.90 Å². The van der Waals surface area contributed by atoms with Gasteiger partial charge in [0.1, 0.15) is 5.82 Å². The van der Waals surface area contributed by atoms with E-state index in [0.717, 1.165) is 43.6 Å². The molecular weight excluding hydrogens is 379 g/mol. The molecule has 2 nitrogen and oxygen atoms in total. The van der Waals surface area contributed by atoms with Crippen LogP contribution in [0.5, 0.6) is 0 Å². The maximum absolute atomic E-state index is 13.3. The van der Waals surface area contributed by atoms with Gasteiger partial charge in [-0.05, 0) is 54.5 Å². The molecule has 0 spiro atoms. The first kappa shape index (κ1) is 18.4. The number of rotatable bonds is 4. The second kappa shape index (κ2) is 7.88. The van der Waals surface area contributed by atoms with Crippen LogP contribution in [0.1, 0.15) is 23.5 Å². The van der Waals surface area contributed by atoms with Crippen LogP contribution in [0.3, 0.4) is 0 Å². The Bertz CT molecular complexity index is 698. The van der Waals surface area contributed by atoms with Gasteiger partial charge < -0.3 is 4.90 Å². The Morgan fingerprint density at radius 2 is 1.72 bits per heavy atom. The Balaban J connectivity index is 0.00000182. The van der Waals surface area contributed by atoms with E-state index in [1.807, 2.05) is 13.0 Å². The minimum Gasteiger partial charge on any atom is -0.369 e. The molecule has 1 aliphatic carbocycles. The van der Waals surface area contributed by atoms with Crippen molar-refractivity contribution in [2.75, 3.05) is 37.6 Å². The summed E-state index contributed by atoms with van der Waals surface area (Å²) in [6, 6.07) is 16.0. The molecule has 0 unspecified atom stereocenters. The largest absolute Gasteiger partial charge is 0.369 e. The second-order valence-corrected chi connectivity index (χ2v) is 7.23. The van der Waals surface area contributed by atoms with Gasteiger partial charge in [-0.1, -0.05) is 30.3 Å². The first-order valence-corrected chi connectivity index (χ1v) is 8.99. The highest BCUT2D eigenvalue weighted by Gasteiger charge is 2.39. The van der Waals surface area contributed by atoms with Crippen LogP contribution in [0, 0.1) is 18.7 Å². The number of anilines is 1. The van der Waals surface area contributed by atoms with Crippen molar-refractivity contribution in [3.8, 4) is 0 Å². The van der Waals surface area contributed by atoms with Crippen LogP contribution < -0.4 is 4.90 Å². The minimum absolute atomic E-state index is 0. The summed E-state index contributed by atoms with van der Waals surface area (Å²) in [6.45, 7) is 7.50. The zero-order valence-corrected chi connectivity index (χ0v) is 16.4. The fourth-order valence-corrected chi connectivity index (χ4v) is 4.03. The summed E-state index contributed by atoms with van der Waals surface area (Å²) in [5, 5.41) is 0. The molecule has 1 saturated heterocycles. The molecule has 2 aromatic carbocycles. The van der Waals surface area contributed by atoms with E-state index in [4.69, 9.17) is 0 Å². The van der Waals surface area contributed by atoms with Gasteiger partial charge >= 0.3 is 0 Å². The minimum atomic E-state index is -0.143. The fraction of sp³-hybridized carbons (Fsp3) is 0.429. The summed E-state index contributed by atoms with van der Waals surface area (Å²) in [6.07, 6.45) is 1.33. The van der Waals surface area contributed by atoms with Crippen molar-refractivity contribution in [3.05, 3.63) is 65.5 Å². The maximum atomic E-state index is 13.3. The highest BCUT2D eigenvalue weighted by atomic mass is 79.9. The molecule has 2 atom stereocenters. The Morgan fingerprint density at radius 3 is 2.40 bits per heavy atom. The molecule has 4 heteroatoms. The van der Waals surface area contributed by atoms with E-state index >= 15 is 0 Å². The van der Waals surface area contributed by atoms with E-state index in [2.05, 4.69) is 40.1 Å². The molecule has 0 amide bonds. The smallest absolute Gasteiger partial charge is 0.123 e. The van der Waals surface area contributed by atoms with Gasteiger partial charge in [0.2, 0.25) is 0 Å². The summed E-state index contributed by atoms with van der Waals surface area (Å²) in [7, 11) is 0. The third-order valence-corrected chi connectivity index (χ3v) is 5.51. The first-order chi connectivity index (χ1) is 11.7. The third kappa shape index (κ3) is 4.24. The maximum Gasteiger partial charge on any atom is 0.123 e. The molecule has 0 radical (unpaired) electrons. The number of nitrogens with zero attached hydrogens (tertiary/aromatic N) is 2. The van der Waals surface area contributed by atoms with Crippen LogP contribution in [-0.4, -0.2) is 37.6 Å². The Kier molecular flexibility index (Phi) is 5.80. The van der Waals surface area contributed by atoms with Crippen molar-refractivity contribution in [2.24, 2.45) is 5.92 Å². The van der Waals surface area contributed by atoms with Gasteiger partial charge in [0.05, 0.1) is 0 Å². The van der Waals surface area contributed by atoms with Crippen molar-refractivity contribution in [1.29, 1.82) is 0 Å². The molecule has 0 bridgehead atoms. The van der Waals surface area contributed by atoms with E-state index in [9.17, 15) is 4.39 Å². The Hall–Kier alpha value is -1.39. The molecule has 4 rings (SSSR count). The second-order valence-electron chi connectivity index (χ2n) is 7.23. The highest BCUT2D eigenvalue weighted by Crippen LogP contribution is 2.47. The van der Waals surface area contributed by atoms with Crippen LogP contribution in [0.2, 0.25) is 0 Å². The van der Waals surface area contributed by atoms with Gasteiger partial charge in [0.15, 0.2) is 0 Å². The van der Waals surface area contributed by atoms with Crippen molar-refractivity contribution in [1.82, 2.24) is 4.90 Å². The van der Waals surface area contributed by atoms with Crippen LogP contribution in [0.25, 0.3) is 0 Å². The van der Waals surface area contributed by atoms with E-state index in [1.165, 1.54) is 24.2 Å². The normalized spacial score (nSPS) is 23.2. The van der Waals surface area contributed by atoms with Crippen LogP contribution >= 0.6 is 17.0 Å². The van der Waals surface area contributed by atoms with Gasteiger partial charge in [-0.15, -0.1) is 17.0 Å². The molecule has 0 aromatic heterocycles. The number of halogens is 2. The molecule has 2 aromatic rings. The number of hydrogen-bond acceptors (Lipinski definition) is 2. The lowest BCUT2D eigenvalue weighted by molar-refractivity contribution is 0.246. The van der Waals surface area contributed by atoms with Gasteiger partial charge in [0, 0.05) is 38.4 Å². The molecular formula is C21H26BrFN2. The highest BCUT2D eigenvalue weighted by molar-refractivity contribution is 8.93. The Labute approximate surface area is 160 Å². The van der Waals surface area contributed by atoms with Gasteiger partial charge in [0.25, 0.3) is 0 Å². The molecule has 2 aliphatic rings. The van der Waals surface area contributed by atoms with E-state index in [0.29, 0.717) is 0 Å². The van der Waals surface area contributed by atoms with Crippen molar-refractivity contribution in [3.63, 3.8) is 0 Å². The molecule has 25 heavy (non-hydrogen) atoms. The Morgan fingerprint density at radius 1 is 1.00 bits per heavy atom. The van der Waals surface area contributed by atoms with Crippen LogP contribution in [0.15, 0.2) is 48.5 Å². The predicted molar refractivity (Wildman–Crippen MR) is 107 cm³/mol. The third-order valence-electron chi connectivity index (χ3n) is 5.51. The monoisotopic (exact) mass is 404 g/mol. The average molecular weight is 405 g/mol. The van der Waals surface area contributed by atoms with Crippen molar-refractivity contribution < 1.29 is 4.39 Å². The van der Waals surface area contributed by atoms with Crippen LogP contribution in [0.4, 0.5) is 10.1 Å². The molecule has 2 fully saturated rings. The SMILES string of the molecule is Br.Cc1cc(F)ccc1N1CCN(C[C@H]2C[C@@H]2c2ccccc2)CC1. The summed E-state index contributed by atoms with van der Waals surface area (Å²) in [5.41, 5.74) is 3.72. The molecule has 1 saturated carbocycles. The van der Waals surface area contributed by atoms with E-state index < -0.39 is 0 Å². The summed E-state index contributed by atoms with van der Waals surface area (Å²) >= 11 is 0. The van der Waals surface area contributed by atoms with Gasteiger partial charge in [-0.2, -0.15) is 0 Å². The van der Waals surface area contributed by atoms with Crippen molar-refractivity contribution in [2.45, 2.75) is 19.3 Å². The van der Waals surface area contributed by atoms with Crippen molar-refractivity contribution >= 4 is 22.7 Å². The standard InChI is InChI=1S/C21H25FN2.BrH/c1-16-13-19(22)7-8-21(16)24-11-9-23(10-12-24)15-18-14-20(18)17-5-3-2-4-6-17;/h2-8,13,18,20H,9-12,14-15H2,1H3;1H/t18-,20-;/m1./s1. The molecule has 134 valence electrons. The molecule has 1 heterocycles. The lowest BCUT2D eigenvalue weighted by Crippen LogP contribution is -2.47. The molecule has 1 aliphatic heterocycles. The quantitative estimate of drug-likeness (QED) is 0.732. The topological polar surface area (TPSA) is 6.48 Å². The fourth-order valence-electron chi connectivity index (χ4n) is 4.03. The average Bonchev–Trinajstić information content (AvgIpc) is 3.36. The first-order valence-electron chi connectivity index (χ1n) is 8.99.